The molecule has 0 saturated carbocycles. The van der Waals surface area contributed by atoms with E-state index < -0.39 is 4.92 Å². The standard InChI is InChI=1S/C18H16N4O4/c19-11-13-10-14(22(24)25)6-7-15(13)20-8-3-9-21-16-4-1-2-5-17(16)26-12-18(21)23/h1-2,4-7,10,20H,3,8-9,12H2. The zero-order valence-corrected chi connectivity index (χ0v) is 13.8. The second-order valence-electron chi connectivity index (χ2n) is 5.68. The number of carbonyl (C=O) groups is 1. The van der Waals surface area contributed by atoms with Gasteiger partial charge in [-0.15, -0.1) is 0 Å². The molecule has 0 fully saturated rings. The Morgan fingerprint density at radius 3 is 2.88 bits per heavy atom. The van der Waals surface area contributed by atoms with E-state index in [1.54, 1.807) is 4.90 Å². The van der Waals surface area contributed by atoms with Crippen LogP contribution in [-0.2, 0) is 4.79 Å². The van der Waals surface area contributed by atoms with E-state index in [4.69, 9.17) is 10.00 Å². The molecule has 0 radical (unpaired) electrons. The lowest BCUT2D eigenvalue weighted by Gasteiger charge is -2.29. The van der Waals surface area contributed by atoms with Crippen LogP contribution in [0.15, 0.2) is 42.5 Å². The van der Waals surface area contributed by atoms with E-state index in [9.17, 15) is 14.9 Å². The van der Waals surface area contributed by atoms with Gasteiger partial charge in [0.05, 0.1) is 21.9 Å². The molecule has 0 spiro atoms. The van der Waals surface area contributed by atoms with Crippen LogP contribution in [0, 0.1) is 21.4 Å². The van der Waals surface area contributed by atoms with Gasteiger partial charge < -0.3 is 15.0 Å². The first-order chi connectivity index (χ1) is 12.6. The van der Waals surface area contributed by atoms with Crippen LogP contribution in [0.2, 0.25) is 0 Å². The van der Waals surface area contributed by atoms with Crippen molar-refractivity contribution >= 4 is 23.0 Å². The summed E-state index contributed by atoms with van der Waals surface area (Å²) in [6.45, 7) is 1.03. The van der Waals surface area contributed by atoms with Crippen molar-refractivity contribution in [3.8, 4) is 11.8 Å². The van der Waals surface area contributed by atoms with Crippen molar-refractivity contribution in [1.29, 1.82) is 5.26 Å². The third-order valence-electron chi connectivity index (χ3n) is 4.02. The maximum absolute atomic E-state index is 12.1. The van der Waals surface area contributed by atoms with Crippen LogP contribution in [-0.4, -0.2) is 30.5 Å². The molecule has 0 aromatic heterocycles. The maximum atomic E-state index is 12.1. The Labute approximate surface area is 149 Å². The Kier molecular flexibility index (Phi) is 4.99. The molecule has 8 heteroatoms. The lowest BCUT2D eigenvalue weighted by Crippen LogP contribution is -2.39. The molecule has 2 aromatic rings. The number of fused-ring (bicyclic) bond motifs is 1. The molecule has 8 nitrogen and oxygen atoms in total. The van der Waals surface area contributed by atoms with Gasteiger partial charge in [-0.05, 0) is 24.6 Å². The average Bonchev–Trinajstić information content (AvgIpc) is 2.66. The van der Waals surface area contributed by atoms with Crippen molar-refractivity contribution in [1.82, 2.24) is 0 Å². The van der Waals surface area contributed by atoms with E-state index in [2.05, 4.69) is 5.32 Å². The third kappa shape index (κ3) is 3.57. The van der Waals surface area contributed by atoms with Gasteiger partial charge in [0.15, 0.2) is 6.61 Å². The number of ether oxygens (including phenoxy) is 1. The first-order valence-corrected chi connectivity index (χ1v) is 8.05. The zero-order valence-electron chi connectivity index (χ0n) is 13.8. The fourth-order valence-corrected chi connectivity index (χ4v) is 2.75. The summed E-state index contributed by atoms with van der Waals surface area (Å²) < 4.78 is 5.40. The number of amides is 1. The Hall–Kier alpha value is -3.60. The molecule has 132 valence electrons. The molecule has 0 aliphatic carbocycles. The number of nitriles is 1. The summed E-state index contributed by atoms with van der Waals surface area (Å²) in [5.74, 6) is 0.582. The van der Waals surface area contributed by atoms with E-state index in [0.717, 1.165) is 5.69 Å². The molecule has 26 heavy (non-hydrogen) atoms. The van der Waals surface area contributed by atoms with Crippen LogP contribution in [0.1, 0.15) is 12.0 Å². The molecule has 1 aliphatic heterocycles. The summed E-state index contributed by atoms with van der Waals surface area (Å²) in [7, 11) is 0. The van der Waals surface area contributed by atoms with E-state index >= 15 is 0 Å². The van der Waals surface area contributed by atoms with Crippen LogP contribution >= 0.6 is 0 Å². The Morgan fingerprint density at radius 2 is 2.12 bits per heavy atom. The zero-order chi connectivity index (χ0) is 18.5. The summed E-state index contributed by atoms with van der Waals surface area (Å²) in [5.41, 5.74) is 1.37. The minimum Gasteiger partial charge on any atom is -0.482 e. The number of non-ortho nitro benzene ring substituents is 1. The highest BCUT2D eigenvalue weighted by Gasteiger charge is 2.24. The Bertz CT molecular complexity index is 891. The highest BCUT2D eigenvalue weighted by atomic mass is 16.6. The predicted octanol–water partition coefficient (Wildman–Crippen LogP) is 2.69. The minimum absolute atomic E-state index is 0.0192. The van der Waals surface area contributed by atoms with Crippen LogP contribution < -0.4 is 15.0 Å². The molecule has 0 unspecified atom stereocenters. The number of anilines is 2. The fourth-order valence-electron chi connectivity index (χ4n) is 2.75. The molecule has 1 aliphatic rings. The van der Waals surface area contributed by atoms with Gasteiger partial charge in [-0.1, -0.05) is 12.1 Å². The summed E-state index contributed by atoms with van der Waals surface area (Å²) >= 11 is 0. The highest BCUT2D eigenvalue weighted by Crippen LogP contribution is 2.31. The number of benzene rings is 2. The van der Waals surface area contributed by atoms with Crippen molar-refractivity contribution in [2.75, 3.05) is 29.9 Å². The number of nitro benzene ring substituents is 1. The molecule has 1 N–H and O–H groups in total. The molecular weight excluding hydrogens is 336 g/mol. The topological polar surface area (TPSA) is 108 Å². The van der Waals surface area contributed by atoms with Gasteiger partial charge >= 0.3 is 0 Å². The van der Waals surface area contributed by atoms with Crippen molar-refractivity contribution in [3.05, 3.63) is 58.1 Å². The predicted molar refractivity (Wildman–Crippen MR) is 95.2 cm³/mol. The first-order valence-electron chi connectivity index (χ1n) is 8.05. The molecule has 2 aromatic carbocycles. The van der Waals surface area contributed by atoms with Crippen molar-refractivity contribution in [2.45, 2.75) is 6.42 Å². The minimum atomic E-state index is -0.536. The van der Waals surface area contributed by atoms with Gasteiger partial charge in [-0.2, -0.15) is 5.26 Å². The molecule has 0 atom stereocenters. The fraction of sp³-hybridized carbons (Fsp3) is 0.222. The first kappa shape index (κ1) is 17.2. The highest BCUT2D eigenvalue weighted by molar-refractivity contribution is 5.97. The summed E-state index contributed by atoms with van der Waals surface area (Å²) in [4.78, 5) is 24.0. The SMILES string of the molecule is N#Cc1cc([N+](=O)[O-])ccc1NCCCN1C(=O)COc2ccccc21. The number of nitrogens with zero attached hydrogens (tertiary/aromatic N) is 3. The quantitative estimate of drug-likeness (QED) is 0.486. The number of hydrogen-bond acceptors (Lipinski definition) is 6. The van der Waals surface area contributed by atoms with E-state index in [0.29, 0.717) is 30.9 Å². The lowest BCUT2D eigenvalue weighted by molar-refractivity contribution is -0.384. The molecule has 1 amide bonds. The Morgan fingerprint density at radius 1 is 1.31 bits per heavy atom. The van der Waals surface area contributed by atoms with Crippen LogP contribution in [0.25, 0.3) is 0 Å². The van der Waals surface area contributed by atoms with E-state index in [1.807, 2.05) is 30.3 Å². The van der Waals surface area contributed by atoms with Crippen molar-refractivity contribution in [2.24, 2.45) is 0 Å². The van der Waals surface area contributed by atoms with Gasteiger partial charge in [0, 0.05) is 25.2 Å². The van der Waals surface area contributed by atoms with Gasteiger partial charge in [0.2, 0.25) is 0 Å². The van der Waals surface area contributed by atoms with Crippen LogP contribution in [0.5, 0.6) is 5.75 Å². The Balaban J connectivity index is 1.61. The summed E-state index contributed by atoms with van der Waals surface area (Å²) in [6, 6.07) is 13.4. The normalized spacial score (nSPS) is 12.7. The molecular formula is C18H16N4O4. The van der Waals surface area contributed by atoms with Crippen molar-refractivity contribution < 1.29 is 14.5 Å². The van der Waals surface area contributed by atoms with E-state index in [-0.39, 0.29) is 23.8 Å². The smallest absolute Gasteiger partial charge is 0.270 e. The number of rotatable bonds is 6. The lowest BCUT2D eigenvalue weighted by atomic mass is 10.1. The summed E-state index contributed by atoms with van der Waals surface area (Å²) in [6.07, 6.45) is 0.641. The number of nitrogens with one attached hydrogen (secondary N) is 1. The molecule has 3 rings (SSSR count). The number of hydrogen-bond donors (Lipinski definition) is 1. The number of carbonyl (C=O) groups excluding carboxylic acids is 1. The summed E-state index contributed by atoms with van der Waals surface area (Å²) in [5, 5.41) is 23.0. The van der Waals surface area contributed by atoms with Gasteiger partial charge in [0.25, 0.3) is 11.6 Å². The monoisotopic (exact) mass is 352 g/mol. The second kappa shape index (κ2) is 7.53. The third-order valence-corrected chi connectivity index (χ3v) is 4.02. The second-order valence-corrected chi connectivity index (χ2v) is 5.68. The average molecular weight is 352 g/mol. The van der Waals surface area contributed by atoms with Gasteiger partial charge in [-0.3, -0.25) is 14.9 Å². The number of para-hydroxylation sites is 2. The van der Waals surface area contributed by atoms with Gasteiger partial charge in [0.1, 0.15) is 11.8 Å². The molecule has 0 bridgehead atoms. The van der Waals surface area contributed by atoms with Crippen LogP contribution in [0.4, 0.5) is 17.1 Å². The molecule has 1 heterocycles. The van der Waals surface area contributed by atoms with Crippen LogP contribution in [0.3, 0.4) is 0 Å². The van der Waals surface area contributed by atoms with Crippen molar-refractivity contribution in [3.63, 3.8) is 0 Å². The number of nitro groups is 1. The molecule has 0 saturated heterocycles. The van der Waals surface area contributed by atoms with Gasteiger partial charge in [-0.25, -0.2) is 0 Å². The maximum Gasteiger partial charge on any atom is 0.270 e. The largest absolute Gasteiger partial charge is 0.482 e. The van der Waals surface area contributed by atoms with E-state index in [1.165, 1.54) is 18.2 Å².